The molecule has 0 aliphatic heterocycles. The topological polar surface area (TPSA) is 52.9 Å². The van der Waals surface area contributed by atoms with Crippen LogP contribution in [-0.2, 0) is 4.79 Å². The Balaban J connectivity index is 1.84. The van der Waals surface area contributed by atoms with Gasteiger partial charge in [-0.3, -0.25) is 4.79 Å². The van der Waals surface area contributed by atoms with Gasteiger partial charge in [0.2, 0.25) is 5.91 Å². The molecule has 2 saturated carbocycles. The lowest BCUT2D eigenvalue weighted by Crippen LogP contribution is -2.50. The summed E-state index contributed by atoms with van der Waals surface area (Å²) in [5.41, 5.74) is -0.711. The highest BCUT2D eigenvalue weighted by Crippen LogP contribution is 2.45. The molecule has 1 unspecified atom stereocenters. The van der Waals surface area contributed by atoms with E-state index in [1.54, 1.807) is 0 Å². The molecule has 0 aromatic carbocycles. The van der Waals surface area contributed by atoms with Gasteiger partial charge in [-0.15, -0.1) is 0 Å². The Morgan fingerprint density at radius 3 is 2.62 bits per heavy atom. The van der Waals surface area contributed by atoms with Gasteiger partial charge in [0.15, 0.2) is 0 Å². The van der Waals surface area contributed by atoms with E-state index in [4.69, 9.17) is 5.26 Å². The third-order valence-electron chi connectivity index (χ3n) is 3.80. The van der Waals surface area contributed by atoms with Gasteiger partial charge in [0.25, 0.3) is 0 Å². The summed E-state index contributed by atoms with van der Waals surface area (Å²) in [6.07, 6.45) is 5.14. The average Bonchev–Trinajstić information content (AvgIpc) is 2.95. The second-order valence-electron chi connectivity index (χ2n) is 5.76. The summed E-state index contributed by atoms with van der Waals surface area (Å²) >= 11 is 0. The zero-order valence-electron chi connectivity index (χ0n) is 10.1. The summed E-state index contributed by atoms with van der Waals surface area (Å²) in [6.45, 7) is 4.14. The second-order valence-corrected chi connectivity index (χ2v) is 5.76. The number of hydrogen-bond acceptors (Lipinski definition) is 2. The molecule has 2 aliphatic rings. The summed E-state index contributed by atoms with van der Waals surface area (Å²) in [5, 5.41) is 12.1. The van der Waals surface area contributed by atoms with E-state index in [1.165, 1.54) is 12.8 Å². The minimum absolute atomic E-state index is 0.0405. The first kappa shape index (κ1) is 11.4. The third-order valence-corrected chi connectivity index (χ3v) is 3.80. The molecule has 1 amide bonds. The molecule has 3 nitrogen and oxygen atoms in total. The SMILES string of the molecule is CC1CC(C#N)(C(=O)NC(C)CC2CC2)C1. The van der Waals surface area contributed by atoms with Crippen molar-refractivity contribution in [3.05, 3.63) is 0 Å². The summed E-state index contributed by atoms with van der Waals surface area (Å²) in [6, 6.07) is 2.43. The van der Waals surface area contributed by atoms with Crippen molar-refractivity contribution in [1.29, 1.82) is 5.26 Å². The maximum absolute atomic E-state index is 12.0. The average molecular weight is 220 g/mol. The Morgan fingerprint density at radius 2 is 2.19 bits per heavy atom. The molecule has 0 heterocycles. The standard InChI is InChI=1S/C13H20N2O/c1-9-6-13(7-9,8-14)12(16)15-10(2)5-11-3-4-11/h9-11H,3-7H2,1-2H3,(H,15,16). The molecule has 0 bridgehead atoms. The molecule has 0 aromatic heterocycles. The fourth-order valence-electron chi connectivity index (χ4n) is 2.73. The smallest absolute Gasteiger partial charge is 0.240 e. The van der Waals surface area contributed by atoms with Gasteiger partial charge in [-0.1, -0.05) is 19.8 Å². The first-order chi connectivity index (χ1) is 7.55. The first-order valence-corrected chi connectivity index (χ1v) is 6.28. The number of nitriles is 1. The predicted octanol–water partition coefficient (Wildman–Crippen LogP) is 2.23. The van der Waals surface area contributed by atoms with E-state index in [2.05, 4.69) is 18.3 Å². The number of nitrogens with zero attached hydrogens (tertiary/aromatic N) is 1. The van der Waals surface area contributed by atoms with Gasteiger partial charge in [-0.05, 0) is 38.0 Å². The van der Waals surface area contributed by atoms with Gasteiger partial charge in [0.05, 0.1) is 6.07 Å². The molecule has 1 atom stereocenters. The van der Waals surface area contributed by atoms with Crippen LogP contribution in [0.25, 0.3) is 0 Å². The van der Waals surface area contributed by atoms with Crippen molar-refractivity contribution < 1.29 is 4.79 Å². The van der Waals surface area contributed by atoms with Crippen molar-refractivity contribution in [2.24, 2.45) is 17.3 Å². The number of nitrogens with one attached hydrogen (secondary N) is 1. The second kappa shape index (κ2) is 4.08. The quantitative estimate of drug-likeness (QED) is 0.790. The fourth-order valence-corrected chi connectivity index (χ4v) is 2.73. The summed E-state index contributed by atoms with van der Waals surface area (Å²) in [4.78, 5) is 12.0. The van der Waals surface area contributed by atoms with E-state index >= 15 is 0 Å². The lowest BCUT2D eigenvalue weighted by Gasteiger charge is -2.39. The van der Waals surface area contributed by atoms with Gasteiger partial charge in [0.1, 0.15) is 5.41 Å². The number of hydrogen-bond donors (Lipinski definition) is 1. The molecule has 16 heavy (non-hydrogen) atoms. The minimum Gasteiger partial charge on any atom is -0.352 e. The molecule has 3 heteroatoms. The zero-order valence-corrected chi connectivity index (χ0v) is 10.1. The lowest BCUT2D eigenvalue weighted by atomic mass is 9.63. The Bertz CT molecular complexity index is 321. The highest BCUT2D eigenvalue weighted by atomic mass is 16.2. The van der Waals surface area contributed by atoms with Crippen molar-refractivity contribution in [2.75, 3.05) is 0 Å². The predicted molar refractivity (Wildman–Crippen MR) is 61.4 cm³/mol. The fraction of sp³-hybridized carbons (Fsp3) is 0.846. The molecule has 0 saturated heterocycles. The van der Waals surface area contributed by atoms with E-state index in [9.17, 15) is 4.79 Å². The maximum atomic E-state index is 12.0. The van der Waals surface area contributed by atoms with Crippen LogP contribution in [0.4, 0.5) is 0 Å². The molecule has 0 aromatic rings. The molecule has 2 rings (SSSR count). The van der Waals surface area contributed by atoms with Gasteiger partial charge >= 0.3 is 0 Å². The van der Waals surface area contributed by atoms with Crippen molar-refractivity contribution in [1.82, 2.24) is 5.32 Å². The van der Waals surface area contributed by atoms with Gasteiger partial charge in [0, 0.05) is 6.04 Å². The van der Waals surface area contributed by atoms with Crippen LogP contribution in [0.1, 0.15) is 46.0 Å². The van der Waals surface area contributed by atoms with Crippen LogP contribution in [0, 0.1) is 28.6 Å². The van der Waals surface area contributed by atoms with Crippen LogP contribution < -0.4 is 5.32 Å². The first-order valence-electron chi connectivity index (χ1n) is 6.28. The molecule has 0 spiro atoms. The van der Waals surface area contributed by atoms with Crippen LogP contribution in [-0.4, -0.2) is 11.9 Å². The van der Waals surface area contributed by atoms with Crippen LogP contribution >= 0.6 is 0 Å². The molecule has 0 radical (unpaired) electrons. The van der Waals surface area contributed by atoms with Crippen LogP contribution in [0.3, 0.4) is 0 Å². The molecule has 1 N–H and O–H groups in total. The lowest BCUT2D eigenvalue weighted by molar-refractivity contribution is -0.134. The van der Waals surface area contributed by atoms with E-state index in [1.807, 2.05) is 6.92 Å². The van der Waals surface area contributed by atoms with Crippen molar-refractivity contribution in [3.63, 3.8) is 0 Å². The zero-order chi connectivity index (χ0) is 11.8. The van der Waals surface area contributed by atoms with E-state index in [-0.39, 0.29) is 11.9 Å². The third kappa shape index (κ3) is 2.21. The highest BCUT2D eigenvalue weighted by molar-refractivity contribution is 5.86. The van der Waals surface area contributed by atoms with Gasteiger partial charge in [-0.25, -0.2) is 0 Å². The number of rotatable bonds is 4. The number of amides is 1. The minimum atomic E-state index is -0.711. The van der Waals surface area contributed by atoms with Crippen molar-refractivity contribution >= 4 is 5.91 Å². The Labute approximate surface area is 97.2 Å². The van der Waals surface area contributed by atoms with Gasteiger partial charge in [-0.2, -0.15) is 5.26 Å². The Kier molecular flexibility index (Phi) is 2.92. The number of carbonyl (C=O) groups is 1. The van der Waals surface area contributed by atoms with E-state index < -0.39 is 5.41 Å². The monoisotopic (exact) mass is 220 g/mol. The molecular formula is C13H20N2O. The summed E-state index contributed by atoms with van der Waals surface area (Å²) < 4.78 is 0. The Morgan fingerprint density at radius 1 is 1.56 bits per heavy atom. The largest absolute Gasteiger partial charge is 0.352 e. The van der Waals surface area contributed by atoms with Crippen LogP contribution in [0.5, 0.6) is 0 Å². The highest BCUT2D eigenvalue weighted by Gasteiger charge is 2.49. The van der Waals surface area contributed by atoms with Crippen LogP contribution in [0.15, 0.2) is 0 Å². The summed E-state index contributed by atoms with van der Waals surface area (Å²) in [5.74, 6) is 1.29. The molecule has 88 valence electrons. The maximum Gasteiger partial charge on any atom is 0.240 e. The van der Waals surface area contributed by atoms with E-state index in [0.29, 0.717) is 5.92 Å². The normalized spacial score (nSPS) is 34.7. The van der Waals surface area contributed by atoms with Gasteiger partial charge < -0.3 is 5.32 Å². The van der Waals surface area contributed by atoms with Crippen molar-refractivity contribution in [2.45, 2.75) is 52.0 Å². The van der Waals surface area contributed by atoms with Crippen LogP contribution in [0.2, 0.25) is 0 Å². The molecular weight excluding hydrogens is 200 g/mol. The summed E-state index contributed by atoms with van der Waals surface area (Å²) in [7, 11) is 0. The van der Waals surface area contributed by atoms with E-state index in [0.717, 1.165) is 25.2 Å². The van der Waals surface area contributed by atoms with Crippen molar-refractivity contribution in [3.8, 4) is 6.07 Å². The molecule has 2 aliphatic carbocycles. The number of carbonyl (C=O) groups excluding carboxylic acids is 1. The molecule has 2 fully saturated rings. The Hall–Kier alpha value is -1.04.